The number of morpholine rings is 1. The Morgan fingerprint density at radius 1 is 1.24 bits per heavy atom. The van der Waals surface area contributed by atoms with Crippen LogP contribution in [0.25, 0.3) is 11.0 Å². The first-order valence-electron chi connectivity index (χ1n) is 8.70. The summed E-state index contributed by atoms with van der Waals surface area (Å²) in [4.78, 5) is 10.5. The highest BCUT2D eigenvalue weighted by molar-refractivity contribution is 5.74. The molecule has 0 aliphatic carbocycles. The molecule has 0 bridgehead atoms. The van der Waals surface area contributed by atoms with Gasteiger partial charge in [-0.25, -0.2) is 4.98 Å². The molecule has 2 aromatic carbocycles. The topological polar surface area (TPSA) is 50.4 Å². The molecule has 0 unspecified atom stereocenters. The van der Waals surface area contributed by atoms with Gasteiger partial charge in [0, 0.05) is 19.5 Å². The summed E-state index contributed by atoms with van der Waals surface area (Å²) in [5.74, 6) is 1.91. The van der Waals surface area contributed by atoms with E-state index < -0.39 is 0 Å². The molecule has 1 aliphatic rings. The summed E-state index contributed by atoms with van der Waals surface area (Å²) in [6.07, 6.45) is 1.10. The molecular weight excluding hydrogens is 314 g/mol. The summed E-state index contributed by atoms with van der Waals surface area (Å²) in [7, 11) is 1.70. The average Bonchev–Trinajstić information content (AvgIpc) is 3.04. The van der Waals surface area contributed by atoms with E-state index in [1.807, 2.05) is 30.3 Å². The molecular formula is C20H23N3O2. The first-order chi connectivity index (χ1) is 12.3. The first kappa shape index (κ1) is 16.1. The van der Waals surface area contributed by atoms with E-state index in [1.165, 1.54) is 5.56 Å². The minimum atomic E-state index is 0.199. The van der Waals surface area contributed by atoms with Crippen molar-refractivity contribution in [2.45, 2.75) is 19.1 Å². The van der Waals surface area contributed by atoms with Crippen LogP contribution < -0.4 is 4.74 Å². The van der Waals surface area contributed by atoms with Gasteiger partial charge in [0.2, 0.25) is 0 Å². The van der Waals surface area contributed by atoms with Crippen molar-refractivity contribution in [3.05, 3.63) is 59.9 Å². The van der Waals surface area contributed by atoms with Crippen molar-refractivity contribution in [1.82, 2.24) is 14.9 Å². The molecule has 130 valence electrons. The van der Waals surface area contributed by atoms with Crippen LogP contribution in [0.5, 0.6) is 5.75 Å². The molecule has 4 rings (SSSR count). The van der Waals surface area contributed by atoms with Gasteiger partial charge in [0.05, 0.1) is 37.4 Å². The second-order valence-electron chi connectivity index (χ2n) is 6.48. The summed E-state index contributed by atoms with van der Waals surface area (Å²) in [6, 6.07) is 16.4. The molecule has 1 N–H and O–H groups in total. The van der Waals surface area contributed by atoms with Gasteiger partial charge in [-0.05, 0) is 29.8 Å². The van der Waals surface area contributed by atoms with Crippen molar-refractivity contribution in [2.24, 2.45) is 0 Å². The van der Waals surface area contributed by atoms with Crippen molar-refractivity contribution in [2.75, 3.05) is 26.8 Å². The number of fused-ring (bicyclic) bond motifs is 1. The number of hydrogen-bond acceptors (Lipinski definition) is 4. The Balaban J connectivity index is 1.40. The number of aromatic amines is 1. The lowest BCUT2D eigenvalue weighted by Gasteiger charge is -2.32. The highest BCUT2D eigenvalue weighted by Crippen LogP contribution is 2.18. The van der Waals surface area contributed by atoms with Crippen LogP contribution in [0.1, 0.15) is 11.4 Å². The molecule has 1 aromatic heterocycles. The summed E-state index contributed by atoms with van der Waals surface area (Å²) >= 11 is 0. The largest absolute Gasteiger partial charge is 0.497 e. The third-order valence-electron chi connectivity index (χ3n) is 4.63. The van der Waals surface area contributed by atoms with Gasteiger partial charge in [0.25, 0.3) is 0 Å². The molecule has 3 aromatic rings. The average molecular weight is 337 g/mol. The SMILES string of the molecule is COc1cccc(C[C@H]2CN(Cc3nc4ccccc4[nH]3)CCO2)c1. The number of H-pyrrole nitrogens is 1. The lowest BCUT2D eigenvalue weighted by atomic mass is 10.1. The van der Waals surface area contributed by atoms with Crippen molar-refractivity contribution in [3.63, 3.8) is 0 Å². The van der Waals surface area contributed by atoms with Gasteiger partial charge in [0.15, 0.2) is 0 Å². The Labute approximate surface area is 147 Å². The summed E-state index contributed by atoms with van der Waals surface area (Å²) in [6.45, 7) is 3.43. The Hall–Kier alpha value is -2.37. The van der Waals surface area contributed by atoms with Gasteiger partial charge in [-0.2, -0.15) is 0 Å². The summed E-state index contributed by atoms with van der Waals surface area (Å²) in [5, 5.41) is 0. The van der Waals surface area contributed by atoms with E-state index in [-0.39, 0.29) is 6.10 Å². The van der Waals surface area contributed by atoms with E-state index >= 15 is 0 Å². The number of benzene rings is 2. The van der Waals surface area contributed by atoms with Crippen molar-refractivity contribution in [1.29, 1.82) is 0 Å². The third kappa shape index (κ3) is 3.83. The molecule has 0 saturated carbocycles. The predicted molar refractivity (Wildman–Crippen MR) is 97.8 cm³/mol. The normalized spacial score (nSPS) is 18.5. The number of para-hydroxylation sites is 2. The molecule has 1 saturated heterocycles. The predicted octanol–water partition coefficient (Wildman–Crippen LogP) is 3.02. The zero-order valence-corrected chi connectivity index (χ0v) is 14.4. The maximum Gasteiger partial charge on any atom is 0.121 e. The number of imidazole rings is 1. The summed E-state index contributed by atoms with van der Waals surface area (Å²) in [5.41, 5.74) is 3.37. The Morgan fingerprint density at radius 2 is 2.16 bits per heavy atom. The van der Waals surface area contributed by atoms with Crippen LogP contribution in [0, 0.1) is 0 Å². The number of nitrogens with one attached hydrogen (secondary N) is 1. The number of nitrogens with zero attached hydrogens (tertiary/aromatic N) is 2. The molecule has 5 heteroatoms. The lowest BCUT2D eigenvalue weighted by molar-refractivity contribution is -0.0311. The summed E-state index contributed by atoms with van der Waals surface area (Å²) < 4.78 is 11.3. The molecule has 1 fully saturated rings. The number of methoxy groups -OCH3 is 1. The first-order valence-corrected chi connectivity index (χ1v) is 8.70. The van der Waals surface area contributed by atoms with Crippen LogP contribution in [0.15, 0.2) is 48.5 Å². The van der Waals surface area contributed by atoms with E-state index in [4.69, 9.17) is 9.47 Å². The molecule has 0 radical (unpaired) electrons. The standard InChI is InChI=1S/C20H23N3O2/c1-24-16-6-4-5-15(11-16)12-17-13-23(9-10-25-17)14-20-21-18-7-2-3-8-19(18)22-20/h2-8,11,17H,9-10,12-14H2,1H3,(H,21,22)/t17-/m0/s1. The fourth-order valence-electron chi connectivity index (χ4n) is 3.40. The van der Waals surface area contributed by atoms with Crippen LogP contribution in [-0.4, -0.2) is 47.8 Å². The Bertz CT molecular complexity index is 813. The maximum atomic E-state index is 5.97. The van der Waals surface area contributed by atoms with E-state index in [0.29, 0.717) is 0 Å². The number of hydrogen-bond donors (Lipinski definition) is 1. The van der Waals surface area contributed by atoms with Gasteiger partial charge < -0.3 is 14.5 Å². The molecule has 0 amide bonds. The van der Waals surface area contributed by atoms with E-state index in [2.05, 4.69) is 33.1 Å². The van der Waals surface area contributed by atoms with Gasteiger partial charge in [-0.1, -0.05) is 24.3 Å². The number of rotatable bonds is 5. The fraction of sp³-hybridized carbons (Fsp3) is 0.350. The van der Waals surface area contributed by atoms with E-state index in [1.54, 1.807) is 7.11 Å². The smallest absolute Gasteiger partial charge is 0.121 e. The highest BCUT2D eigenvalue weighted by Gasteiger charge is 2.21. The van der Waals surface area contributed by atoms with Gasteiger partial charge >= 0.3 is 0 Å². The van der Waals surface area contributed by atoms with E-state index in [9.17, 15) is 0 Å². The quantitative estimate of drug-likeness (QED) is 0.777. The molecule has 5 nitrogen and oxygen atoms in total. The van der Waals surface area contributed by atoms with Crippen LogP contribution in [-0.2, 0) is 17.7 Å². The Morgan fingerprint density at radius 3 is 3.04 bits per heavy atom. The number of ether oxygens (including phenoxy) is 2. The second kappa shape index (κ2) is 7.25. The monoisotopic (exact) mass is 337 g/mol. The third-order valence-corrected chi connectivity index (χ3v) is 4.63. The molecule has 0 spiro atoms. The second-order valence-corrected chi connectivity index (χ2v) is 6.48. The Kier molecular flexibility index (Phi) is 4.68. The van der Waals surface area contributed by atoms with Gasteiger partial charge in [-0.15, -0.1) is 0 Å². The highest BCUT2D eigenvalue weighted by atomic mass is 16.5. The van der Waals surface area contributed by atoms with Crippen molar-refractivity contribution < 1.29 is 9.47 Å². The van der Waals surface area contributed by atoms with Crippen LogP contribution in [0.3, 0.4) is 0 Å². The van der Waals surface area contributed by atoms with Crippen LogP contribution in [0.4, 0.5) is 0 Å². The zero-order chi connectivity index (χ0) is 17.1. The lowest BCUT2D eigenvalue weighted by Crippen LogP contribution is -2.43. The van der Waals surface area contributed by atoms with E-state index in [0.717, 1.165) is 55.3 Å². The van der Waals surface area contributed by atoms with Gasteiger partial charge in [0.1, 0.15) is 11.6 Å². The van der Waals surface area contributed by atoms with Crippen molar-refractivity contribution >= 4 is 11.0 Å². The zero-order valence-electron chi connectivity index (χ0n) is 14.4. The molecule has 25 heavy (non-hydrogen) atoms. The molecule has 2 heterocycles. The molecule has 1 atom stereocenters. The minimum Gasteiger partial charge on any atom is -0.497 e. The van der Waals surface area contributed by atoms with Crippen molar-refractivity contribution in [3.8, 4) is 5.75 Å². The van der Waals surface area contributed by atoms with Crippen LogP contribution >= 0.6 is 0 Å². The molecule has 1 aliphatic heterocycles. The number of aromatic nitrogens is 2. The minimum absolute atomic E-state index is 0.199. The van der Waals surface area contributed by atoms with Crippen LogP contribution in [0.2, 0.25) is 0 Å². The maximum absolute atomic E-state index is 5.97. The van der Waals surface area contributed by atoms with Gasteiger partial charge in [-0.3, -0.25) is 4.90 Å². The fourth-order valence-corrected chi connectivity index (χ4v) is 3.40.